The van der Waals surface area contributed by atoms with Gasteiger partial charge in [0.15, 0.2) is 6.17 Å². The molecule has 1 N–H and O–H groups in total. The molecule has 1 aromatic heterocycles. The van der Waals surface area contributed by atoms with Gasteiger partial charge in [0.2, 0.25) is 0 Å². The van der Waals surface area contributed by atoms with E-state index in [1.165, 1.54) is 0 Å². The largest absolute Gasteiger partial charge is 0.326 e. The Bertz CT molecular complexity index is 1130. The third kappa shape index (κ3) is 3.26. The molecule has 4 rings (SSSR count). The first-order valence-corrected chi connectivity index (χ1v) is 8.42. The van der Waals surface area contributed by atoms with Crippen LogP contribution in [0.5, 0.6) is 0 Å². The summed E-state index contributed by atoms with van der Waals surface area (Å²) in [5, 5.41) is 20.5. The van der Waals surface area contributed by atoms with Crippen molar-refractivity contribution in [2.75, 3.05) is 0 Å². The van der Waals surface area contributed by atoms with Gasteiger partial charge in [-0.15, -0.1) is 5.10 Å². The van der Waals surface area contributed by atoms with E-state index in [4.69, 9.17) is 5.26 Å². The molecule has 0 radical (unpaired) electrons. The number of aromatic nitrogens is 3. The number of fused-ring (bicyclic) bond motifs is 1. The Morgan fingerprint density at radius 2 is 1.67 bits per heavy atom. The average Bonchev–Trinajstić information content (AvgIpc) is 3.16. The number of nitriles is 1. The van der Waals surface area contributed by atoms with E-state index in [2.05, 4.69) is 21.7 Å². The maximum Gasteiger partial charge on any atom is 0.253 e. The minimum absolute atomic E-state index is 0.218. The molecule has 1 heterocycles. The molecule has 0 saturated carbocycles. The van der Waals surface area contributed by atoms with Gasteiger partial charge in [-0.1, -0.05) is 47.7 Å². The molecule has 0 saturated heterocycles. The summed E-state index contributed by atoms with van der Waals surface area (Å²) in [6, 6.07) is 25.7. The number of nitrogens with one attached hydrogen (secondary N) is 1. The van der Waals surface area contributed by atoms with Crippen molar-refractivity contribution in [3.05, 3.63) is 95.6 Å². The lowest BCUT2D eigenvalue weighted by atomic mass is 10.1. The monoisotopic (exact) mass is 353 g/mol. The Labute approximate surface area is 155 Å². The molecule has 1 atom stereocenters. The number of carbonyl (C=O) groups is 1. The first-order valence-electron chi connectivity index (χ1n) is 8.42. The summed E-state index contributed by atoms with van der Waals surface area (Å²) in [7, 11) is 0. The van der Waals surface area contributed by atoms with Gasteiger partial charge in [0, 0.05) is 5.56 Å². The lowest BCUT2D eigenvalue weighted by Crippen LogP contribution is -2.33. The highest BCUT2D eigenvalue weighted by molar-refractivity contribution is 5.94. The van der Waals surface area contributed by atoms with Gasteiger partial charge in [0.25, 0.3) is 5.91 Å². The first-order chi connectivity index (χ1) is 13.3. The Morgan fingerprint density at radius 3 is 2.41 bits per heavy atom. The van der Waals surface area contributed by atoms with Crippen LogP contribution in [0.25, 0.3) is 11.0 Å². The molecule has 0 bridgehead atoms. The lowest BCUT2D eigenvalue weighted by Gasteiger charge is -2.20. The summed E-state index contributed by atoms with van der Waals surface area (Å²) in [6.07, 6.45) is -0.558. The fourth-order valence-electron chi connectivity index (χ4n) is 2.90. The Balaban J connectivity index is 1.77. The Hall–Kier alpha value is -3.98. The van der Waals surface area contributed by atoms with Crippen LogP contribution in [0.15, 0.2) is 78.9 Å². The summed E-state index contributed by atoms with van der Waals surface area (Å²) < 4.78 is 1.68. The van der Waals surface area contributed by atoms with Gasteiger partial charge in [-0.05, 0) is 42.0 Å². The fraction of sp³-hybridized carbons (Fsp3) is 0.0476. The zero-order valence-electron chi connectivity index (χ0n) is 14.3. The van der Waals surface area contributed by atoms with Crippen LogP contribution in [0.1, 0.15) is 27.7 Å². The quantitative estimate of drug-likeness (QED) is 0.610. The summed E-state index contributed by atoms with van der Waals surface area (Å²) in [6.45, 7) is 0. The molecule has 0 spiro atoms. The van der Waals surface area contributed by atoms with Crippen molar-refractivity contribution >= 4 is 16.9 Å². The number of para-hydroxylation sites is 1. The number of hydrogen-bond acceptors (Lipinski definition) is 4. The van der Waals surface area contributed by atoms with E-state index in [1.54, 1.807) is 28.9 Å². The number of carbonyl (C=O) groups excluding carboxylic acids is 1. The molecule has 0 aliphatic carbocycles. The second-order valence-corrected chi connectivity index (χ2v) is 6.00. The Kier molecular flexibility index (Phi) is 4.33. The number of hydrogen-bond donors (Lipinski definition) is 1. The van der Waals surface area contributed by atoms with E-state index in [0.29, 0.717) is 11.1 Å². The van der Waals surface area contributed by atoms with Gasteiger partial charge in [-0.25, -0.2) is 4.68 Å². The van der Waals surface area contributed by atoms with Gasteiger partial charge in [0.1, 0.15) is 5.52 Å². The number of benzene rings is 3. The van der Waals surface area contributed by atoms with E-state index in [1.807, 2.05) is 54.6 Å². The normalized spacial score (nSPS) is 11.7. The van der Waals surface area contributed by atoms with Crippen molar-refractivity contribution in [1.29, 1.82) is 5.26 Å². The maximum atomic E-state index is 12.8. The predicted octanol–water partition coefficient (Wildman–Crippen LogP) is 3.28. The van der Waals surface area contributed by atoms with Crippen molar-refractivity contribution in [2.24, 2.45) is 0 Å². The van der Waals surface area contributed by atoms with Crippen LogP contribution in [0.4, 0.5) is 0 Å². The van der Waals surface area contributed by atoms with Crippen LogP contribution in [0.2, 0.25) is 0 Å². The maximum absolute atomic E-state index is 12.8. The van der Waals surface area contributed by atoms with Crippen molar-refractivity contribution < 1.29 is 4.79 Å². The van der Waals surface area contributed by atoms with Crippen LogP contribution in [-0.4, -0.2) is 20.9 Å². The highest BCUT2D eigenvalue weighted by atomic mass is 16.1. The molecule has 6 heteroatoms. The van der Waals surface area contributed by atoms with Gasteiger partial charge in [-0.2, -0.15) is 5.26 Å². The van der Waals surface area contributed by atoms with Gasteiger partial charge in [0.05, 0.1) is 17.1 Å². The van der Waals surface area contributed by atoms with Crippen molar-refractivity contribution in [1.82, 2.24) is 20.3 Å². The van der Waals surface area contributed by atoms with Crippen molar-refractivity contribution in [3.8, 4) is 6.07 Å². The molecular formula is C21H15N5O. The van der Waals surface area contributed by atoms with Crippen LogP contribution in [0.3, 0.4) is 0 Å². The molecule has 27 heavy (non-hydrogen) atoms. The zero-order valence-corrected chi connectivity index (χ0v) is 14.3. The van der Waals surface area contributed by atoms with E-state index in [0.717, 1.165) is 16.6 Å². The zero-order chi connectivity index (χ0) is 18.6. The molecular weight excluding hydrogens is 338 g/mol. The summed E-state index contributed by atoms with van der Waals surface area (Å²) >= 11 is 0. The number of rotatable bonds is 4. The highest BCUT2D eigenvalue weighted by Crippen LogP contribution is 2.21. The van der Waals surface area contributed by atoms with E-state index in [9.17, 15) is 4.79 Å². The lowest BCUT2D eigenvalue weighted by molar-refractivity contribution is 0.0927. The van der Waals surface area contributed by atoms with Gasteiger partial charge < -0.3 is 5.32 Å². The number of amides is 1. The van der Waals surface area contributed by atoms with Crippen LogP contribution in [-0.2, 0) is 0 Å². The van der Waals surface area contributed by atoms with Crippen molar-refractivity contribution in [2.45, 2.75) is 6.17 Å². The second kappa shape index (κ2) is 7.10. The van der Waals surface area contributed by atoms with Gasteiger partial charge in [-0.3, -0.25) is 4.79 Å². The topological polar surface area (TPSA) is 83.6 Å². The predicted molar refractivity (Wildman–Crippen MR) is 101 cm³/mol. The van der Waals surface area contributed by atoms with Gasteiger partial charge >= 0.3 is 0 Å². The van der Waals surface area contributed by atoms with E-state index in [-0.39, 0.29) is 5.91 Å². The summed E-state index contributed by atoms with van der Waals surface area (Å²) in [5.41, 5.74) is 3.45. The molecule has 0 aliphatic heterocycles. The smallest absolute Gasteiger partial charge is 0.253 e. The summed E-state index contributed by atoms with van der Waals surface area (Å²) in [4.78, 5) is 12.8. The minimum Gasteiger partial charge on any atom is -0.326 e. The molecule has 1 amide bonds. The molecule has 6 nitrogen and oxygen atoms in total. The Morgan fingerprint density at radius 1 is 0.963 bits per heavy atom. The first kappa shape index (κ1) is 16.5. The standard InChI is InChI=1S/C21H15N5O/c22-14-15-10-12-16(13-11-15)20(23-21(27)17-6-2-1-3-7-17)26-19-9-5-4-8-18(19)24-25-26/h1-13,20H,(H,23,27). The van der Waals surface area contributed by atoms with E-state index < -0.39 is 6.17 Å². The third-order valence-electron chi connectivity index (χ3n) is 4.28. The van der Waals surface area contributed by atoms with Crippen molar-refractivity contribution in [3.63, 3.8) is 0 Å². The summed E-state index contributed by atoms with van der Waals surface area (Å²) in [5.74, 6) is -0.218. The molecule has 4 aromatic rings. The van der Waals surface area contributed by atoms with E-state index >= 15 is 0 Å². The minimum atomic E-state index is -0.558. The molecule has 130 valence electrons. The average molecular weight is 353 g/mol. The fourth-order valence-corrected chi connectivity index (χ4v) is 2.90. The molecule has 3 aromatic carbocycles. The molecule has 0 fully saturated rings. The number of nitrogens with zero attached hydrogens (tertiary/aromatic N) is 4. The molecule has 0 aliphatic rings. The highest BCUT2D eigenvalue weighted by Gasteiger charge is 2.21. The van der Waals surface area contributed by atoms with Crippen LogP contribution >= 0.6 is 0 Å². The molecule has 1 unspecified atom stereocenters. The van der Waals surface area contributed by atoms with Crippen LogP contribution in [0, 0.1) is 11.3 Å². The second-order valence-electron chi connectivity index (χ2n) is 6.00. The van der Waals surface area contributed by atoms with Crippen LogP contribution < -0.4 is 5.32 Å². The SMILES string of the molecule is N#Cc1ccc(C(NC(=O)c2ccccc2)n2nnc3ccccc32)cc1. The third-order valence-corrected chi connectivity index (χ3v) is 4.28.